The van der Waals surface area contributed by atoms with Gasteiger partial charge >= 0.3 is 0 Å². The van der Waals surface area contributed by atoms with E-state index in [2.05, 4.69) is 5.32 Å². The summed E-state index contributed by atoms with van der Waals surface area (Å²) in [5, 5.41) is 4.12. The van der Waals surface area contributed by atoms with Crippen LogP contribution in [0, 0.1) is 0 Å². The summed E-state index contributed by atoms with van der Waals surface area (Å²) in [6.07, 6.45) is 1.14. The zero-order valence-electron chi connectivity index (χ0n) is 18.0. The van der Waals surface area contributed by atoms with Crippen molar-refractivity contribution in [2.45, 2.75) is 12.3 Å². The van der Waals surface area contributed by atoms with Gasteiger partial charge in [0.05, 0.1) is 18.5 Å². The maximum atomic E-state index is 12.5. The Bertz CT molecular complexity index is 1200. The van der Waals surface area contributed by atoms with Gasteiger partial charge in [-0.15, -0.1) is 0 Å². The van der Waals surface area contributed by atoms with Crippen LogP contribution in [0.4, 0.5) is 5.69 Å². The number of anilines is 1. The molecular formula is C24H24Cl2N2O3S2. The van der Waals surface area contributed by atoms with Gasteiger partial charge in [0.1, 0.15) is 0 Å². The average Bonchev–Trinajstić information content (AvgIpc) is 2.78. The molecule has 1 amide bonds. The fourth-order valence-corrected chi connectivity index (χ4v) is 5.31. The van der Waals surface area contributed by atoms with Gasteiger partial charge in [0.2, 0.25) is 10.0 Å². The zero-order chi connectivity index (χ0) is 23.8. The molecule has 0 saturated carbocycles. The molecule has 0 aromatic heterocycles. The van der Waals surface area contributed by atoms with Crippen molar-refractivity contribution >= 4 is 56.6 Å². The molecule has 0 radical (unpaired) electrons. The summed E-state index contributed by atoms with van der Waals surface area (Å²) in [5.41, 5.74) is 2.68. The van der Waals surface area contributed by atoms with Crippen LogP contribution >= 0.6 is 35.0 Å². The SMILES string of the molecule is CS(=O)(=O)N(Cc1ccccc1Cl)c1ccc(C(=O)NCCSCc2ccccc2Cl)cc1. The van der Waals surface area contributed by atoms with Gasteiger partial charge in [-0.1, -0.05) is 59.6 Å². The van der Waals surface area contributed by atoms with E-state index in [0.29, 0.717) is 28.4 Å². The van der Waals surface area contributed by atoms with Crippen LogP contribution in [0.15, 0.2) is 72.8 Å². The lowest BCUT2D eigenvalue weighted by Gasteiger charge is -2.23. The second kappa shape index (κ2) is 11.8. The Morgan fingerprint density at radius 3 is 2.06 bits per heavy atom. The van der Waals surface area contributed by atoms with Crippen LogP contribution in [0.1, 0.15) is 21.5 Å². The highest BCUT2D eigenvalue weighted by Gasteiger charge is 2.19. The quantitative estimate of drug-likeness (QED) is 0.350. The van der Waals surface area contributed by atoms with Gasteiger partial charge in [-0.25, -0.2) is 8.42 Å². The number of nitrogens with one attached hydrogen (secondary N) is 1. The molecule has 3 aromatic rings. The molecule has 0 unspecified atom stereocenters. The van der Waals surface area contributed by atoms with Crippen LogP contribution in [0.3, 0.4) is 0 Å². The molecule has 3 aromatic carbocycles. The largest absolute Gasteiger partial charge is 0.351 e. The van der Waals surface area contributed by atoms with Crippen LogP contribution in [0.5, 0.6) is 0 Å². The van der Waals surface area contributed by atoms with E-state index in [9.17, 15) is 13.2 Å². The van der Waals surface area contributed by atoms with Crippen LogP contribution in [-0.4, -0.2) is 32.9 Å². The molecule has 0 fully saturated rings. The first kappa shape index (κ1) is 25.4. The molecule has 0 bridgehead atoms. The van der Waals surface area contributed by atoms with Crippen molar-refractivity contribution in [3.63, 3.8) is 0 Å². The number of carbonyl (C=O) groups is 1. The van der Waals surface area contributed by atoms with Crippen molar-refractivity contribution in [2.75, 3.05) is 22.9 Å². The zero-order valence-corrected chi connectivity index (χ0v) is 21.1. The molecular weight excluding hydrogens is 499 g/mol. The maximum Gasteiger partial charge on any atom is 0.251 e. The topological polar surface area (TPSA) is 66.5 Å². The summed E-state index contributed by atoms with van der Waals surface area (Å²) >= 11 is 14.0. The number of carbonyl (C=O) groups excluding carboxylic acids is 1. The number of sulfonamides is 1. The van der Waals surface area contributed by atoms with Crippen LogP contribution in [-0.2, 0) is 22.3 Å². The Balaban J connectivity index is 1.56. The Labute approximate surface area is 209 Å². The molecule has 0 atom stereocenters. The van der Waals surface area contributed by atoms with E-state index in [1.165, 1.54) is 4.31 Å². The second-order valence-corrected chi connectivity index (χ2v) is 11.1. The molecule has 0 heterocycles. The monoisotopic (exact) mass is 522 g/mol. The van der Waals surface area contributed by atoms with Crippen LogP contribution in [0.2, 0.25) is 10.0 Å². The lowest BCUT2D eigenvalue weighted by Crippen LogP contribution is -2.29. The molecule has 5 nitrogen and oxygen atoms in total. The van der Waals surface area contributed by atoms with Gasteiger partial charge in [-0.2, -0.15) is 11.8 Å². The third-order valence-electron chi connectivity index (χ3n) is 4.84. The minimum atomic E-state index is -3.55. The summed E-state index contributed by atoms with van der Waals surface area (Å²) < 4.78 is 26.0. The van der Waals surface area contributed by atoms with E-state index in [4.69, 9.17) is 23.2 Å². The molecule has 0 saturated heterocycles. The molecule has 0 aliphatic rings. The summed E-state index contributed by atoms with van der Waals surface area (Å²) in [7, 11) is -3.55. The summed E-state index contributed by atoms with van der Waals surface area (Å²) in [4.78, 5) is 12.5. The highest BCUT2D eigenvalue weighted by Crippen LogP contribution is 2.25. The predicted octanol–water partition coefficient (Wildman–Crippen LogP) is 5.62. The minimum Gasteiger partial charge on any atom is -0.351 e. The molecule has 0 aliphatic heterocycles. The molecule has 33 heavy (non-hydrogen) atoms. The second-order valence-electron chi connectivity index (χ2n) is 7.31. The summed E-state index contributed by atoms with van der Waals surface area (Å²) in [6, 6.07) is 21.3. The highest BCUT2D eigenvalue weighted by atomic mass is 35.5. The molecule has 174 valence electrons. The van der Waals surface area contributed by atoms with E-state index < -0.39 is 10.0 Å². The third kappa shape index (κ3) is 7.40. The number of benzene rings is 3. The fraction of sp³-hybridized carbons (Fsp3) is 0.208. The van der Waals surface area contributed by atoms with Crippen molar-refractivity contribution in [3.8, 4) is 0 Å². The fourth-order valence-electron chi connectivity index (χ4n) is 3.10. The average molecular weight is 524 g/mol. The number of halogens is 2. The number of hydrogen-bond acceptors (Lipinski definition) is 4. The van der Waals surface area contributed by atoms with Crippen molar-refractivity contribution < 1.29 is 13.2 Å². The van der Waals surface area contributed by atoms with Gasteiger partial charge < -0.3 is 5.32 Å². The normalized spacial score (nSPS) is 11.2. The Morgan fingerprint density at radius 1 is 0.909 bits per heavy atom. The van der Waals surface area contributed by atoms with Gasteiger partial charge in [-0.3, -0.25) is 9.10 Å². The summed E-state index contributed by atoms with van der Waals surface area (Å²) in [5.74, 6) is 1.31. The van der Waals surface area contributed by atoms with Crippen molar-refractivity contribution in [1.82, 2.24) is 5.32 Å². The van der Waals surface area contributed by atoms with Crippen molar-refractivity contribution in [1.29, 1.82) is 0 Å². The molecule has 0 aliphatic carbocycles. The van der Waals surface area contributed by atoms with Crippen LogP contribution < -0.4 is 9.62 Å². The van der Waals surface area contributed by atoms with Gasteiger partial charge in [0.15, 0.2) is 0 Å². The smallest absolute Gasteiger partial charge is 0.251 e. The predicted molar refractivity (Wildman–Crippen MR) is 139 cm³/mol. The van der Waals surface area contributed by atoms with E-state index in [0.717, 1.165) is 28.3 Å². The summed E-state index contributed by atoms with van der Waals surface area (Å²) in [6.45, 7) is 0.615. The number of hydrogen-bond donors (Lipinski definition) is 1. The molecule has 9 heteroatoms. The number of thioether (sulfide) groups is 1. The standard InChI is InChI=1S/C24H24Cl2N2O3S2/c1-33(30,31)28(16-19-6-2-4-8-22(19)25)21-12-10-18(11-13-21)24(29)27-14-15-32-17-20-7-3-5-9-23(20)26/h2-13H,14-17H2,1H3,(H,27,29). The van der Waals surface area contributed by atoms with E-state index in [-0.39, 0.29) is 12.5 Å². The lowest BCUT2D eigenvalue weighted by molar-refractivity contribution is 0.0956. The number of nitrogens with zero attached hydrogens (tertiary/aromatic N) is 1. The number of rotatable bonds is 10. The first-order valence-corrected chi connectivity index (χ1v) is 13.9. The van der Waals surface area contributed by atoms with E-state index in [1.54, 1.807) is 54.2 Å². The van der Waals surface area contributed by atoms with E-state index >= 15 is 0 Å². The van der Waals surface area contributed by atoms with E-state index in [1.807, 2.05) is 30.3 Å². The van der Waals surface area contributed by atoms with Crippen molar-refractivity contribution in [3.05, 3.63) is 99.5 Å². The maximum absolute atomic E-state index is 12.5. The minimum absolute atomic E-state index is 0.104. The van der Waals surface area contributed by atoms with Crippen molar-refractivity contribution in [2.24, 2.45) is 0 Å². The van der Waals surface area contributed by atoms with Gasteiger partial charge in [0.25, 0.3) is 5.91 Å². The lowest BCUT2D eigenvalue weighted by atomic mass is 10.1. The third-order valence-corrected chi connectivity index (χ3v) is 7.72. The van der Waals surface area contributed by atoms with Gasteiger partial charge in [-0.05, 0) is 47.5 Å². The molecule has 0 spiro atoms. The Hall–Kier alpha value is -2.19. The Kier molecular flexibility index (Phi) is 9.09. The molecule has 3 rings (SSSR count). The first-order valence-electron chi connectivity index (χ1n) is 10.2. The number of amides is 1. The Morgan fingerprint density at radius 2 is 1.48 bits per heavy atom. The van der Waals surface area contributed by atoms with Gasteiger partial charge in [0, 0.05) is 33.7 Å². The molecule has 1 N–H and O–H groups in total. The van der Waals surface area contributed by atoms with Crippen LogP contribution in [0.25, 0.3) is 0 Å². The highest BCUT2D eigenvalue weighted by molar-refractivity contribution is 7.98. The first-order chi connectivity index (χ1) is 15.8.